The van der Waals surface area contributed by atoms with Gasteiger partial charge >= 0.3 is 6.18 Å². The molecule has 0 saturated heterocycles. The van der Waals surface area contributed by atoms with Crippen LogP contribution in [0.25, 0.3) is 0 Å². The molecule has 2 aromatic carbocycles. The third-order valence-electron chi connectivity index (χ3n) is 5.09. The summed E-state index contributed by atoms with van der Waals surface area (Å²) in [6.45, 7) is 3.77. The Morgan fingerprint density at radius 3 is 2.14 bits per heavy atom. The topological polar surface area (TPSA) is 86.8 Å². The van der Waals surface area contributed by atoms with Gasteiger partial charge in [-0.2, -0.15) is 13.2 Å². The van der Waals surface area contributed by atoms with Crippen LogP contribution in [0.2, 0.25) is 5.02 Å². The number of nitrogens with zero attached hydrogens (tertiary/aromatic N) is 2. The number of carbonyl (C=O) groups is 2. The van der Waals surface area contributed by atoms with Crippen molar-refractivity contribution in [2.45, 2.75) is 45.6 Å². The van der Waals surface area contributed by atoms with Crippen LogP contribution < -0.4 is 9.62 Å². The van der Waals surface area contributed by atoms with Crippen LogP contribution in [0.3, 0.4) is 0 Å². The number of hydrogen-bond acceptors (Lipinski definition) is 4. The Hall–Kier alpha value is -2.86. The van der Waals surface area contributed by atoms with Crippen molar-refractivity contribution in [2.75, 3.05) is 17.1 Å². The molecule has 0 heterocycles. The fourth-order valence-electron chi connectivity index (χ4n) is 3.27. The minimum Gasteiger partial charge on any atom is -0.352 e. The molecule has 0 bridgehead atoms. The third kappa shape index (κ3) is 7.82. The van der Waals surface area contributed by atoms with Crippen LogP contribution >= 0.6 is 11.6 Å². The average Bonchev–Trinajstić information content (AvgIpc) is 2.75. The van der Waals surface area contributed by atoms with Gasteiger partial charge in [0.15, 0.2) is 0 Å². The zero-order chi connectivity index (χ0) is 27.4. The molecule has 0 saturated carbocycles. The highest BCUT2D eigenvalue weighted by Gasteiger charge is 2.35. The summed E-state index contributed by atoms with van der Waals surface area (Å²) in [7, 11) is -4.24. The summed E-state index contributed by atoms with van der Waals surface area (Å²) in [6.07, 6.45) is -4.13. The van der Waals surface area contributed by atoms with Crippen LogP contribution in [0.15, 0.2) is 42.5 Å². The zero-order valence-electron chi connectivity index (χ0n) is 19.9. The minimum absolute atomic E-state index is 0.183. The first-order valence-electron chi connectivity index (χ1n) is 10.7. The molecule has 1 atom stereocenters. The van der Waals surface area contributed by atoms with Gasteiger partial charge in [0.2, 0.25) is 21.8 Å². The molecular formula is C23H26ClF4N3O4S. The molecule has 198 valence electrons. The number of alkyl halides is 3. The number of sulfonamides is 1. The highest BCUT2D eigenvalue weighted by atomic mass is 35.5. The quantitative estimate of drug-likeness (QED) is 0.473. The van der Waals surface area contributed by atoms with Crippen molar-refractivity contribution in [3.05, 3.63) is 64.4 Å². The van der Waals surface area contributed by atoms with E-state index >= 15 is 0 Å². The molecule has 0 radical (unpaired) electrons. The number of amides is 2. The van der Waals surface area contributed by atoms with E-state index in [1.165, 1.54) is 19.1 Å². The lowest BCUT2D eigenvalue weighted by atomic mass is 10.1. The number of hydrogen-bond donors (Lipinski definition) is 1. The molecule has 0 fully saturated rings. The van der Waals surface area contributed by atoms with Crippen molar-refractivity contribution in [3.63, 3.8) is 0 Å². The van der Waals surface area contributed by atoms with E-state index in [1.54, 1.807) is 13.8 Å². The smallest absolute Gasteiger partial charge is 0.352 e. The summed E-state index contributed by atoms with van der Waals surface area (Å²) in [5.74, 6) is -1.91. The molecule has 2 aromatic rings. The highest BCUT2D eigenvalue weighted by Crippen LogP contribution is 2.37. The van der Waals surface area contributed by atoms with E-state index in [4.69, 9.17) is 11.6 Å². The Labute approximate surface area is 212 Å². The van der Waals surface area contributed by atoms with Crippen LogP contribution in [0.1, 0.15) is 31.9 Å². The van der Waals surface area contributed by atoms with Crippen molar-refractivity contribution in [3.8, 4) is 0 Å². The predicted molar refractivity (Wildman–Crippen MR) is 128 cm³/mol. The van der Waals surface area contributed by atoms with Gasteiger partial charge < -0.3 is 10.2 Å². The van der Waals surface area contributed by atoms with E-state index in [9.17, 15) is 35.6 Å². The van der Waals surface area contributed by atoms with E-state index in [0.717, 1.165) is 35.4 Å². The van der Waals surface area contributed by atoms with Gasteiger partial charge in [-0.3, -0.25) is 13.9 Å². The molecule has 2 rings (SSSR count). The van der Waals surface area contributed by atoms with Crippen molar-refractivity contribution in [1.82, 2.24) is 10.2 Å². The molecule has 36 heavy (non-hydrogen) atoms. The van der Waals surface area contributed by atoms with E-state index in [-0.39, 0.29) is 12.6 Å². The number of benzene rings is 2. The molecular weight excluding hydrogens is 526 g/mol. The van der Waals surface area contributed by atoms with Crippen LogP contribution in [-0.2, 0) is 32.3 Å². The van der Waals surface area contributed by atoms with Gasteiger partial charge in [0.05, 0.1) is 22.5 Å². The largest absolute Gasteiger partial charge is 0.417 e. The normalized spacial score (nSPS) is 12.8. The van der Waals surface area contributed by atoms with Gasteiger partial charge in [-0.25, -0.2) is 12.8 Å². The summed E-state index contributed by atoms with van der Waals surface area (Å²) in [6, 6.07) is 6.24. The first-order valence-corrected chi connectivity index (χ1v) is 12.9. The number of halogens is 5. The standard InChI is InChI=1S/C23H26ClF4N3O4S/c1-14(2)29-22(33)15(3)30(12-16-5-7-17(25)8-6-16)21(32)13-31(36(4,34)35)18-9-10-20(24)19(11-18)23(26,27)28/h5-11,14-15H,12-13H2,1-4H3,(H,29,33)/t15-/m0/s1. The Balaban J connectivity index is 2.47. The van der Waals surface area contributed by atoms with Crippen molar-refractivity contribution in [2.24, 2.45) is 0 Å². The molecule has 0 aliphatic heterocycles. The average molecular weight is 552 g/mol. The monoisotopic (exact) mass is 551 g/mol. The predicted octanol–water partition coefficient (Wildman–Crippen LogP) is 4.21. The van der Waals surface area contributed by atoms with E-state index in [0.29, 0.717) is 15.9 Å². The van der Waals surface area contributed by atoms with Gasteiger partial charge in [-0.05, 0) is 56.7 Å². The number of rotatable bonds is 9. The maximum absolute atomic E-state index is 13.4. The van der Waals surface area contributed by atoms with Gasteiger partial charge in [0, 0.05) is 12.6 Å². The summed E-state index contributed by atoms with van der Waals surface area (Å²) in [4.78, 5) is 27.1. The van der Waals surface area contributed by atoms with Crippen LogP contribution in [-0.4, -0.2) is 50.0 Å². The van der Waals surface area contributed by atoms with Gasteiger partial charge in [0.1, 0.15) is 18.4 Å². The van der Waals surface area contributed by atoms with Crippen LogP contribution in [0.5, 0.6) is 0 Å². The Morgan fingerprint density at radius 2 is 1.64 bits per heavy atom. The number of carbonyl (C=O) groups excluding carboxylic acids is 2. The first kappa shape index (κ1) is 29.4. The molecule has 0 aromatic heterocycles. The fraction of sp³-hybridized carbons (Fsp3) is 0.391. The molecule has 0 unspecified atom stereocenters. The van der Waals surface area contributed by atoms with Crippen molar-refractivity contribution < 1.29 is 35.6 Å². The molecule has 2 amide bonds. The van der Waals surface area contributed by atoms with Crippen molar-refractivity contribution in [1.29, 1.82) is 0 Å². The zero-order valence-corrected chi connectivity index (χ0v) is 21.5. The lowest BCUT2D eigenvalue weighted by Crippen LogP contribution is -2.52. The maximum Gasteiger partial charge on any atom is 0.417 e. The van der Waals surface area contributed by atoms with Gasteiger partial charge in [0.25, 0.3) is 0 Å². The molecule has 0 aliphatic rings. The maximum atomic E-state index is 13.4. The lowest BCUT2D eigenvalue weighted by molar-refractivity contribution is -0.139. The second-order valence-electron chi connectivity index (χ2n) is 8.42. The number of nitrogens with one attached hydrogen (secondary N) is 1. The second-order valence-corrected chi connectivity index (χ2v) is 10.7. The van der Waals surface area contributed by atoms with Crippen LogP contribution in [0.4, 0.5) is 23.2 Å². The molecule has 0 aliphatic carbocycles. The van der Waals surface area contributed by atoms with Gasteiger partial charge in [-0.1, -0.05) is 23.7 Å². The van der Waals surface area contributed by atoms with Gasteiger partial charge in [-0.15, -0.1) is 0 Å². The summed E-state index contributed by atoms with van der Waals surface area (Å²) in [5, 5.41) is 2.02. The molecule has 13 heteroatoms. The summed E-state index contributed by atoms with van der Waals surface area (Å²) >= 11 is 5.64. The first-order chi connectivity index (χ1) is 16.5. The van der Waals surface area contributed by atoms with E-state index in [1.807, 2.05) is 0 Å². The minimum atomic E-state index is -4.86. The van der Waals surface area contributed by atoms with Crippen molar-refractivity contribution >= 4 is 39.1 Å². The Morgan fingerprint density at radius 1 is 1.06 bits per heavy atom. The highest BCUT2D eigenvalue weighted by molar-refractivity contribution is 7.92. The Bertz CT molecular complexity index is 1200. The summed E-state index contributed by atoms with van der Waals surface area (Å²) < 4.78 is 78.9. The SMILES string of the molecule is CC(C)NC(=O)[C@H](C)N(Cc1ccc(F)cc1)C(=O)CN(c1ccc(Cl)c(C(F)(F)F)c1)S(C)(=O)=O. The number of anilines is 1. The fourth-order valence-corrected chi connectivity index (χ4v) is 4.34. The molecule has 7 nitrogen and oxygen atoms in total. The van der Waals surface area contributed by atoms with Crippen LogP contribution in [0, 0.1) is 5.82 Å². The summed E-state index contributed by atoms with van der Waals surface area (Å²) in [5.41, 5.74) is -1.25. The lowest BCUT2D eigenvalue weighted by Gasteiger charge is -2.32. The third-order valence-corrected chi connectivity index (χ3v) is 6.56. The molecule has 0 spiro atoms. The van der Waals surface area contributed by atoms with E-state index in [2.05, 4.69) is 5.32 Å². The Kier molecular flexibility index (Phi) is 9.35. The second kappa shape index (κ2) is 11.5. The molecule has 1 N–H and O–H groups in total. The van der Waals surface area contributed by atoms with E-state index < -0.39 is 62.7 Å².